The normalized spacial score (nSPS) is 24.6. The average molecular weight is 234 g/mol. The fraction of sp³-hybridized carbons (Fsp3) is 0.636. The monoisotopic (exact) mass is 234 g/mol. The lowest BCUT2D eigenvalue weighted by Crippen LogP contribution is -2.44. The van der Waals surface area contributed by atoms with Crippen molar-refractivity contribution in [2.75, 3.05) is 13.1 Å². The van der Waals surface area contributed by atoms with Gasteiger partial charge in [-0.05, 0) is 12.8 Å². The zero-order chi connectivity index (χ0) is 12.3. The fourth-order valence-electron chi connectivity index (χ4n) is 2.08. The predicted octanol–water partition coefficient (Wildman–Crippen LogP) is 0.0146. The zero-order valence-corrected chi connectivity index (χ0v) is 9.48. The van der Waals surface area contributed by atoms with Crippen molar-refractivity contribution in [2.24, 2.45) is 11.0 Å². The molecule has 2 amide bonds. The Hall–Kier alpha value is -1.90. The van der Waals surface area contributed by atoms with E-state index in [2.05, 4.69) is 16.6 Å². The first-order valence-corrected chi connectivity index (χ1v) is 5.75. The molecular formula is C11H14N4O2. The van der Waals surface area contributed by atoms with Crippen LogP contribution >= 0.6 is 0 Å². The van der Waals surface area contributed by atoms with Crippen LogP contribution in [0.3, 0.4) is 0 Å². The van der Waals surface area contributed by atoms with Crippen LogP contribution < -0.4 is 5.43 Å². The van der Waals surface area contributed by atoms with Gasteiger partial charge in [-0.25, -0.2) is 5.43 Å². The quantitative estimate of drug-likeness (QED) is 0.693. The highest BCUT2D eigenvalue weighted by Crippen LogP contribution is 2.16. The van der Waals surface area contributed by atoms with Gasteiger partial charge in [0.25, 0.3) is 5.91 Å². The highest BCUT2D eigenvalue weighted by atomic mass is 16.2. The summed E-state index contributed by atoms with van der Waals surface area (Å²) in [7, 11) is 0. The van der Waals surface area contributed by atoms with Gasteiger partial charge in [0.2, 0.25) is 5.91 Å². The van der Waals surface area contributed by atoms with Crippen LogP contribution in [0.15, 0.2) is 5.10 Å². The minimum atomic E-state index is -0.157. The molecule has 90 valence electrons. The minimum absolute atomic E-state index is 0.0773. The molecule has 1 N–H and O–H groups in total. The van der Waals surface area contributed by atoms with E-state index in [-0.39, 0.29) is 17.7 Å². The summed E-state index contributed by atoms with van der Waals surface area (Å²) in [5.74, 6) is -0.383. The van der Waals surface area contributed by atoms with Gasteiger partial charge >= 0.3 is 0 Å². The standard InChI is InChI=1S/C11H14N4O2/c12-6-8-2-1-5-15(7-8)11(17)9-3-4-10(16)14-13-9/h8H,1-5,7H2,(H,14,16). The van der Waals surface area contributed by atoms with E-state index in [1.807, 2.05) is 0 Å². The second kappa shape index (κ2) is 4.95. The summed E-state index contributed by atoms with van der Waals surface area (Å²) >= 11 is 0. The number of piperidine rings is 1. The van der Waals surface area contributed by atoms with E-state index in [4.69, 9.17) is 5.26 Å². The van der Waals surface area contributed by atoms with Crippen molar-refractivity contribution < 1.29 is 9.59 Å². The third-order valence-electron chi connectivity index (χ3n) is 3.04. The number of hydrogen-bond acceptors (Lipinski definition) is 4. The topological polar surface area (TPSA) is 85.6 Å². The van der Waals surface area contributed by atoms with Gasteiger partial charge in [-0.15, -0.1) is 0 Å². The molecular weight excluding hydrogens is 220 g/mol. The number of likely N-dealkylation sites (tertiary alicyclic amines) is 1. The van der Waals surface area contributed by atoms with E-state index in [0.717, 1.165) is 12.8 Å². The van der Waals surface area contributed by atoms with Crippen molar-refractivity contribution in [1.82, 2.24) is 10.3 Å². The van der Waals surface area contributed by atoms with Crippen LogP contribution in [0.4, 0.5) is 0 Å². The van der Waals surface area contributed by atoms with Crippen LogP contribution in [0.2, 0.25) is 0 Å². The van der Waals surface area contributed by atoms with Crippen molar-refractivity contribution in [3.63, 3.8) is 0 Å². The van der Waals surface area contributed by atoms with Gasteiger partial charge in [0, 0.05) is 25.9 Å². The molecule has 2 heterocycles. The molecule has 0 aliphatic carbocycles. The number of carbonyl (C=O) groups is 2. The van der Waals surface area contributed by atoms with Crippen molar-refractivity contribution in [1.29, 1.82) is 5.26 Å². The molecule has 1 saturated heterocycles. The van der Waals surface area contributed by atoms with Gasteiger partial charge < -0.3 is 4.90 Å². The van der Waals surface area contributed by atoms with Gasteiger partial charge in [0.15, 0.2) is 0 Å². The lowest BCUT2D eigenvalue weighted by molar-refractivity contribution is -0.125. The van der Waals surface area contributed by atoms with Gasteiger partial charge in [0.1, 0.15) is 5.71 Å². The summed E-state index contributed by atoms with van der Waals surface area (Å²) in [6.07, 6.45) is 2.39. The summed E-state index contributed by atoms with van der Waals surface area (Å²) < 4.78 is 0. The Morgan fingerprint density at radius 1 is 1.53 bits per heavy atom. The molecule has 0 bridgehead atoms. The molecule has 6 heteroatoms. The van der Waals surface area contributed by atoms with E-state index < -0.39 is 0 Å². The number of hydrogen-bond donors (Lipinski definition) is 1. The number of rotatable bonds is 1. The maximum Gasteiger partial charge on any atom is 0.270 e. The van der Waals surface area contributed by atoms with Crippen molar-refractivity contribution in [2.45, 2.75) is 25.7 Å². The van der Waals surface area contributed by atoms with Crippen LogP contribution in [0.25, 0.3) is 0 Å². The Kier molecular flexibility index (Phi) is 3.38. The van der Waals surface area contributed by atoms with E-state index >= 15 is 0 Å². The highest BCUT2D eigenvalue weighted by Gasteiger charge is 2.28. The molecule has 2 aliphatic heterocycles. The summed E-state index contributed by atoms with van der Waals surface area (Å²) in [5, 5.41) is 12.6. The first-order valence-electron chi connectivity index (χ1n) is 5.75. The summed E-state index contributed by atoms with van der Waals surface area (Å²) in [6, 6.07) is 2.20. The van der Waals surface area contributed by atoms with Gasteiger partial charge in [-0.1, -0.05) is 0 Å². The molecule has 1 atom stereocenters. The Balaban J connectivity index is 2.00. The Labute approximate surface area is 99.3 Å². The summed E-state index contributed by atoms with van der Waals surface area (Å²) in [5.41, 5.74) is 2.71. The molecule has 17 heavy (non-hydrogen) atoms. The lowest BCUT2D eigenvalue weighted by Gasteiger charge is -2.30. The fourth-order valence-corrected chi connectivity index (χ4v) is 2.08. The number of nitrogens with one attached hydrogen (secondary N) is 1. The number of nitriles is 1. The molecule has 0 saturated carbocycles. The average Bonchev–Trinajstić information content (AvgIpc) is 2.39. The molecule has 2 aliphatic rings. The first kappa shape index (κ1) is 11.6. The molecule has 0 spiro atoms. The van der Waals surface area contributed by atoms with Crippen LogP contribution in [0.5, 0.6) is 0 Å². The second-order valence-electron chi connectivity index (χ2n) is 4.31. The Bertz CT molecular complexity index is 410. The molecule has 2 rings (SSSR count). The molecule has 6 nitrogen and oxygen atoms in total. The maximum absolute atomic E-state index is 12.1. The molecule has 1 unspecified atom stereocenters. The van der Waals surface area contributed by atoms with E-state index in [1.54, 1.807) is 4.90 Å². The van der Waals surface area contributed by atoms with Gasteiger partial charge in [-0.3, -0.25) is 9.59 Å². The summed E-state index contributed by atoms with van der Waals surface area (Å²) in [6.45, 7) is 1.15. The first-order chi connectivity index (χ1) is 8.20. The summed E-state index contributed by atoms with van der Waals surface area (Å²) in [4.78, 5) is 24.6. The highest BCUT2D eigenvalue weighted by molar-refractivity contribution is 6.39. The van der Waals surface area contributed by atoms with Crippen molar-refractivity contribution in [3.8, 4) is 6.07 Å². The van der Waals surface area contributed by atoms with Crippen LogP contribution in [0.1, 0.15) is 25.7 Å². The Morgan fingerprint density at radius 2 is 2.35 bits per heavy atom. The predicted molar refractivity (Wildman–Crippen MR) is 59.7 cm³/mol. The molecule has 0 aromatic heterocycles. The van der Waals surface area contributed by atoms with Crippen LogP contribution in [0, 0.1) is 17.2 Å². The molecule has 1 fully saturated rings. The SMILES string of the molecule is N#CC1CCCN(C(=O)C2=NNC(=O)CC2)C1. The van der Waals surface area contributed by atoms with Gasteiger partial charge in [-0.2, -0.15) is 10.4 Å². The van der Waals surface area contributed by atoms with E-state index in [9.17, 15) is 9.59 Å². The molecule has 0 aromatic rings. The van der Waals surface area contributed by atoms with Crippen molar-refractivity contribution in [3.05, 3.63) is 0 Å². The largest absolute Gasteiger partial charge is 0.336 e. The van der Waals surface area contributed by atoms with Crippen molar-refractivity contribution >= 4 is 17.5 Å². The van der Waals surface area contributed by atoms with Gasteiger partial charge in [0.05, 0.1) is 12.0 Å². The number of nitrogens with zero attached hydrogens (tertiary/aromatic N) is 3. The second-order valence-corrected chi connectivity index (χ2v) is 4.31. The Morgan fingerprint density at radius 3 is 3.00 bits per heavy atom. The lowest BCUT2D eigenvalue weighted by atomic mass is 9.99. The number of hydrazone groups is 1. The van der Waals surface area contributed by atoms with Crippen LogP contribution in [-0.2, 0) is 9.59 Å². The number of carbonyl (C=O) groups excluding carboxylic acids is 2. The number of amides is 2. The van der Waals surface area contributed by atoms with E-state index in [0.29, 0.717) is 31.6 Å². The van der Waals surface area contributed by atoms with Crippen LogP contribution in [-0.4, -0.2) is 35.5 Å². The third-order valence-corrected chi connectivity index (χ3v) is 3.04. The zero-order valence-electron chi connectivity index (χ0n) is 9.48. The smallest absolute Gasteiger partial charge is 0.270 e. The third kappa shape index (κ3) is 2.61. The molecule has 0 radical (unpaired) electrons. The maximum atomic E-state index is 12.1. The molecule has 0 aromatic carbocycles. The van der Waals surface area contributed by atoms with E-state index in [1.165, 1.54) is 0 Å². The minimum Gasteiger partial charge on any atom is -0.336 e.